The van der Waals surface area contributed by atoms with Crippen molar-refractivity contribution < 1.29 is 9.18 Å². The Morgan fingerprint density at radius 3 is 2.70 bits per heavy atom. The fraction of sp³-hybridized carbons (Fsp3) is 0.160. The van der Waals surface area contributed by atoms with Gasteiger partial charge in [-0.2, -0.15) is 0 Å². The van der Waals surface area contributed by atoms with E-state index < -0.39 is 6.04 Å². The number of anilines is 1. The van der Waals surface area contributed by atoms with E-state index in [0.29, 0.717) is 18.5 Å². The number of H-pyrrole nitrogens is 1. The van der Waals surface area contributed by atoms with Crippen molar-refractivity contribution in [2.75, 3.05) is 11.9 Å². The van der Waals surface area contributed by atoms with Crippen LogP contribution in [0.4, 0.5) is 14.9 Å². The third-order valence-corrected chi connectivity index (χ3v) is 5.76. The number of nitrogens with one attached hydrogen (secondary N) is 2. The normalized spacial score (nSPS) is 15.8. The summed E-state index contributed by atoms with van der Waals surface area (Å²) in [6, 6.07) is 21.7. The Kier molecular flexibility index (Phi) is 4.51. The molecule has 2 N–H and O–H groups in total. The number of para-hydroxylation sites is 1. The van der Waals surface area contributed by atoms with Crippen LogP contribution in [0.5, 0.6) is 0 Å². The Labute approximate surface area is 174 Å². The van der Waals surface area contributed by atoms with Crippen molar-refractivity contribution in [1.82, 2.24) is 9.88 Å². The topological polar surface area (TPSA) is 48.1 Å². The molecule has 2 heterocycles. The second-order valence-electron chi connectivity index (χ2n) is 7.73. The van der Waals surface area contributed by atoms with Crippen molar-refractivity contribution in [1.29, 1.82) is 0 Å². The zero-order valence-electron chi connectivity index (χ0n) is 16.7. The van der Waals surface area contributed by atoms with E-state index in [4.69, 9.17) is 0 Å². The molecule has 4 nitrogen and oxygen atoms in total. The lowest BCUT2D eigenvalue weighted by molar-refractivity contribution is 0.192. The summed E-state index contributed by atoms with van der Waals surface area (Å²) in [4.78, 5) is 18.5. The van der Waals surface area contributed by atoms with Gasteiger partial charge in [0.15, 0.2) is 0 Å². The van der Waals surface area contributed by atoms with Crippen molar-refractivity contribution in [3.8, 4) is 0 Å². The molecule has 0 unspecified atom stereocenters. The van der Waals surface area contributed by atoms with E-state index in [9.17, 15) is 9.18 Å². The van der Waals surface area contributed by atoms with E-state index in [0.717, 1.165) is 33.4 Å². The molecule has 1 aromatic heterocycles. The highest BCUT2D eigenvalue weighted by molar-refractivity contribution is 5.91. The molecule has 0 fully saturated rings. The van der Waals surface area contributed by atoms with E-state index >= 15 is 0 Å². The zero-order chi connectivity index (χ0) is 20.7. The summed E-state index contributed by atoms with van der Waals surface area (Å²) >= 11 is 0. The second-order valence-corrected chi connectivity index (χ2v) is 7.73. The molecule has 5 heteroatoms. The molecule has 0 bridgehead atoms. The largest absolute Gasteiger partial charge is 0.356 e. The first-order chi connectivity index (χ1) is 14.6. The highest BCUT2D eigenvalue weighted by atomic mass is 19.1. The number of benzene rings is 3. The molecule has 150 valence electrons. The van der Waals surface area contributed by atoms with Crippen molar-refractivity contribution in [2.24, 2.45) is 0 Å². The highest BCUT2D eigenvalue weighted by Gasteiger charge is 2.35. The zero-order valence-corrected chi connectivity index (χ0v) is 16.7. The van der Waals surface area contributed by atoms with E-state index in [1.54, 1.807) is 17.0 Å². The first-order valence-electron chi connectivity index (χ1n) is 10.1. The number of amides is 2. The number of aromatic nitrogens is 1. The molecule has 0 spiro atoms. The van der Waals surface area contributed by atoms with Crippen LogP contribution in [0.1, 0.15) is 28.4 Å². The number of fused-ring (bicyclic) bond motifs is 3. The predicted octanol–water partition coefficient (Wildman–Crippen LogP) is 5.80. The van der Waals surface area contributed by atoms with E-state index in [2.05, 4.69) is 16.4 Å². The Morgan fingerprint density at radius 1 is 1.07 bits per heavy atom. The summed E-state index contributed by atoms with van der Waals surface area (Å²) in [5, 5.41) is 4.12. The number of carbonyl (C=O) groups excluding carboxylic acids is 1. The Bertz CT molecular complexity index is 1250. The third-order valence-electron chi connectivity index (χ3n) is 5.76. The van der Waals surface area contributed by atoms with Gasteiger partial charge in [0, 0.05) is 34.4 Å². The smallest absolute Gasteiger partial charge is 0.322 e. The molecule has 3 aromatic carbocycles. The molecule has 0 saturated carbocycles. The first kappa shape index (κ1) is 18.4. The second kappa shape index (κ2) is 7.34. The van der Waals surface area contributed by atoms with Crippen molar-refractivity contribution in [2.45, 2.75) is 19.4 Å². The lowest BCUT2D eigenvalue weighted by atomic mass is 9.92. The van der Waals surface area contributed by atoms with Gasteiger partial charge in [0.25, 0.3) is 0 Å². The number of nitrogens with zero attached hydrogens (tertiary/aromatic N) is 1. The molecule has 0 aliphatic carbocycles. The number of hydrogen-bond donors (Lipinski definition) is 2. The SMILES string of the molecule is Cc1cccc(NC(=O)N2CCc3c([nH]c4ccccc34)[C@@H]2c2ccccc2F)c1. The lowest BCUT2D eigenvalue weighted by Gasteiger charge is -2.36. The lowest BCUT2D eigenvalue weighted by Crippen LogP contribution is -2.43. The van der Waals surface area contributed by atoms with Gasteiger partial charge in [-0.3, -0.25) is 0 Å². The molecule has 0 radical (unpaired) electrons. The van der Waals surface area contributed by atoms with Crippen molar-refractivity contribution in [3.05, 3.63) is 101 Å². The van der Waals surface area contributed by atoms with Crippen LogP contribution in [0.2, 0.25) is 0 Å². The molecular weight excluding hydrogens is 377 g/mol. The van der Waals surface area contributed by atoms with Gasteiger partial charge in [-0.1, -0.05) is 48.5 Å². The number of rotatable bonds is 2. The molecule has 5 rings (SSSR count). The van der Waals surface area contributed by atoms with Crippen LogP contribution >= 0.6 is 0 Å². The van der Waals surface area contributed by atoms with Gasteiger partial charge < -0.3 is 15.2 Å². The first-order valence-corrected chi connectivity index (χ1v) is 10.1. The minimum Gasteiger partial charge on any atom is -0.356 e. The summed E-state index contributed by atoms with van der Waals surface area (Å²) in [5.74, 6) is -0.317. The number of aromatic amines is 1. The molecule has 4 aromatic rings. The summed E-state index contributed by atoms with van der Waals surface area (Å²) in [6.07, 6.45) is 0.714. The van der Waals surface area contributed by atoms with Crippen molar-refractivity contribution in [3.63, 3.8) is 0 Å². The number of hydrogen-bond acceptors (Lipinski definition) is 1. The predicted molar refractivity (Wildman–Crippen MR) is 117 cm³/mol. The van der Waals surface area contributed by atoms with Crippen molar-refractivity contribution >= 4 is 22.6 Å². The maximum Gasteiger partial charge on any atom is 0.322 e. The van der Waals surface area contributed by atoms with Crippen LogP contribution in [0.15, 0.2) is 72.8 Å². The average Bonchev–Trinajstić information content (AvgIpc) is 3.12. The van der Waals surface area contributed by atoms with Crippen LogP contribution in [0.25, 0.3) is 10.9 Å². The Morgan fingerprint density at radius 2 is 1.87 bits per heavy atom. The number of carbonyl (C=O) groups is 1. The summed E-state index contributed by atoms with van der Waals surface area (Å²) in [5.41, 5.74) is 5.32. The Hall–Kier alpha value is -3.60. The molecule has 2 amide bonds. The Balaban J connectivity index is 1.60. The maximum atomic E-state index is 14.9. The summed E-state index contributed by atoms with van der Waals surface area (Å²) in [7, 11) is 0. The molecule has 1 aliphatic heterocycles. The number of aryl methyl sites for hydroxylation is 1. The molecule has 1 aliphatic rings. The van der Waals surface area contributed by atoms with Crippen LogP contribution < -0.4 is 5.32 Å². The highest BCUT2D eigenvalue weighted by Crippen LogP contribution is 2.39. The van der Waals surface area contributed by atoms with E-state index in [1.807, 2.05) is 55.5 Å². The van der Waals surface area contributed by atoms with Gasteiger partial charge >= 0.3 is 6.03 Å². The van der Waals surface area contributed by atoms with Gasteiger partial charge in [-0.25, -0.2) is 9.18 Å². The minimum atomic E-state index is -0.521. The third kappa shape index (κ3) is 3.12. The minimum absolute atomic E-state index is 0.238. The van der Waals surface area contributed by atoms with E-state index in [-0.39, 0.29) is 11.8 Å². The summed E-state index contributed by atoms with van der Waals surface area (Å²) in [6.45, 7) is 2.49. The number of urea groups is 1. The van der Waals surface area contributed by atoms with Crippen LogP contribution in [0.3, 0.4) is 0 Å². The van der Waals surface area contributed by atoms with Gasteiger partial charge in [0.1, 0.15) is 11.9 Å². The molecule has 1 atom stereocenters. The molecular formula is C25H22FN3O. The van der Waals surface area contributed by atoms with Crippen LogP contribution in [0, 0.1) is 12.7 Å². The van der Waals surface area contributed by atoms with Gasteiger partial charge in [0.2, 0.25) is 0 Å². The van der Waals surface area contributed by atoms with Crippen LogP contribution in [-0.4, -0.2) is 22.5 Å². The molecule has 30 heavy (non-hydrogen) atoms. The fourth-order valence-electron chi connectivity index (χ4n) is 4.40. The quantitative estimate of drug-likeness (QED) is 0.440. The monoisotopic (exact) mass is 399 g/mol. The van der Waals surface area contributed by atoms with Gasteiger partial charge in [-0.15, -0.1) is 0 Å². The van der Waals surface area contributed by atoms with Gasteiger partial charge in [-0.05, 0) is 48.7 Å². The molecule has 0 saturated heterocycles. The summed E-state index contributed by atoms with van der Waals surface area (Å²) < 4.78 is 14.9. The number of halogens is 1. The van der Waals surface area contributed by atoms with E-state index in [1.165, 1.54) is 6.07 Å². The average molecular weight is 399 g/mol. The maximum absolute atomic E-state index is 14.9. The van der Waals surface area contributed by atoms with Gasteiger partial charge in [0.05, 0.1) is 0 Å². The fourth-order valence-corrected chi connectivity index (χ4v) is 4.40. The standard InChI is InChI=1S/C25H22FN3O/c1-16-7-6-8-17(15-16)27-25(30)29-14-13-19-18-9-3-5-12-22(18)28-23(19)24(29)20-10-2-4-11-21(20)26/h2-12,15,24,28H,13-14H2,1H3,(H,27,30)/t24-/m0/s1. The van der Waals surface area contributed by atoms with Crippen LogP contribution in [-0.2, 0) is 6.42 Å².